The number of fused-ring (bicyclic) bond motifs is 2. The van der Waals surface area contributed by atoms with Gasteiger partial charge in [0.15, 0.2) is 5.41 Å². The molecule has 1 atom stereocenters. The number of nitrogens with zero attached hydrogens (tertiary/aromatic N) is 1. The fourth-order valence-electron chi connectivity index (χ4n) is 3.67. The second kappa shape index (κ2) is 6.54. The molecule has 2 N–H and O–H groups in total. The summed E-state index contributed by atoms with van der Waals surface area (Å²) >= 11 is 0. The van der Waals surface area contributed by atoms with Crippen LogP contribution in [0.4, 0.5) is 18.9 Å². The van der Waals surface area contributed by atoms with Crippen LogP contribution < -0.4 is 10.6 Å². The molecule has 0 saturated heterocycles. The first-order valence-electron chi connectivity index (χ1n) is 8.61. The van der Waals surface area contributed by atoms with Gasteiger partial charge in [0.2, 0.25) is 11.7 Å². The molecule has 1 spiro atoms. The summed E-state index contributed by atoms with van der Waals surface area (Å²) in [7, 11) is 0. The Morgan fingerprint density at radius 3 is 2.66 bits per heavy atom. The van der Waals surface area contributed by atoms with Crippen molar-refractivity contribution in [1.29, 1.82) is 0 Å². The summed E-state index contributed by atoms with van der Waals surface area (Å²) in [6.07, 6.45) is -1.48. The van der Waals surface area contributed by atoms with Crippen molar-refractivity contribution < 1.29 is 31.9 Å². The van der Waals surface area contributed by atoms with E-state index in [4.69, 9.17) is 14.9 Å². The number of ether oxygens (including phenoxy) is 1. The van der Waals surface area contributed by atoms with Gasteiger partial charge in [-0.15, -0.1) is 0 Å². The third-order valence-corrected chi connectivity index (χ3v) is 5.02. The average molecular weight is 404 g/mol. The fourth-order valence-corrected chi connectivity index (χ4v) is 3.67. The van der Waals surface area contributed by atoms with Crippen molar-refractivity contribution in [3.8, 4) is 0 Å². The number of nitrogens with two attached hydrogens (primary N) is 1. The van der Waals surface area contributed by atoms with Crippen LogP contribution in [-0.4, -0.2) is 18.8 Å². The second-order valence-corrected chi connectivity index (χ2v) is 6.64. The molecular weight excluding hydrogens is 389 g/mol. The van der Waals surface area contributed by atoms with Gasteiger partial charge in [-0.3, -0.25) is 9.59 Å². The van der Waals surface area contributed by atoms with Crippen molar-refractivity contribution in [2.45, 2.75) is 18.1 Å². The van der Waals surface area contributed by atoms with E-state index in [1.807, 2.05) is 0 Å². The molecule has 0 aliphatic carbocycles. The molecular formula is C20H15F3N2O4. The topological polar surface area (TPSA) is 85.8 Å². The summed E-state index contributed by atoms with van der Waals surface area (Å²) in [6.45, 7) is -0.268. The Hall–Kier alpha value is -3.49. The van der Waals surface area contributed by atoms with E-state index in [1.165, 1.54) is 23.1 Å². The van der Waals surface area contributed by atoms with Crippen LogP contribution in [0.25, 0.3) is 0 Å². The average Bonchev–Trinajstić information content (AvgIpc) is 3.35. The summed E-state index contributed by atoms with van der Waals surface area (Å²) in [5.41, 5.74) is 6.18. The molecule has 1 aromatic heterocycles. The zero-order valence-corrected chi connectivity index (χ0v) is 14.9. The highest BCUT2D eigenvalue weighted by Gasteiger charge is 2.57. The minimum Gasteiger partial charge on any atom is -0.490 e. The van der Waals surface area contributed by atoms with Crippen molar-refractivity contribution in [2.24, 2.45) is 5.73 Å². The van der Waals surface area contributed by atoms with E-state index in [2.05, 4.69) is 0 Å². The summed E-state index contributed by atoms with van der Waals surface area (Å²) < 4.78 is 48.9. The fraction of sp³-hybridized carbons (Fsp3) is 0.200. The predicted octanol–water partition coefficient (Wildman–Crippen LogP) is 3.04. The SMILES string of the molecule is NC1=C(/C=C\C=O)OCC12C(=O)N(Cc1ccc(C(F)(F)F)o1)c1ccccc12. The molecule has 0 bridgehead atoms. The lowest BCUT2D eigenvalue weighted by Crippen LogP contribution is -2.44. The number of carbonyl (C=O) groups excluding carboxylic acids is 2. The highest BCUT2D eigenvalue weighted by atomic mass is 19.4. The molecule has 150 valence electrons. The maximum atomic E-state index is 13.4. The summed E-state index contributed by atoms with van der Waals surface area (Å²) in [5, 5.41) is 0. The van der Waals surface area contributed by atoms with Gasteiger partial charge in [0.1, 0.15) is 24.4 Å². The van der Waals surface area contributed by atoms with Gasteiger partial charge in [-0.2, -0.15) is 13.2 Å². The van der Waals surface area contributed by atoms with Gasteiger partial charge in [-0.25, -0.2) is 0 Å². The van der Waals surface area contributed by atoms with Gasteiger partial charge in [-0.05, 0) is 30.4 Å². The highest BCUT2D eigenvalue weighted by Crippen LogP contribution is 2.49. The van der Waals surface area contributed by atoms with Crippen LogP contribution in [0.2, 0.25) is 0 Å². The van der Waals surface area contributed by atoms with E-state index in [9.17, 15) is 22.8 Å². The van der Waals surface area contributed by atoms with E-state index in [0.717, 1.165) is 6.07 Å². The zero-order chi connectivity index (χ0) is 20.8. The molecule has 2 aliphatic rings. The van der Waals surface area contributed by atoms with Crippen molar-refractivity contribution in [1.82, 2.24) is 0 Å². The first-order valence-corrected chi connectivity index (χ1v) is 8.61. The van der Waals surface area contributed by atoms with Crippen molar-refractivity contribution >= 4 is 17.9 Å². The predicted molar refractivity (Wildman–Crippen MR) is 95.4 cm³/mol. The Labute approximate surface area is 163 Å². The maximum absolute atomic E-state index is 13.4. The Morgan fingerprint density at radius 1 is 1.21 bits per heavy atom. The number of benzene rings is 1. The number of furan rings is 1. The first kappa shape index (κ1) is 18.9. The van der Waals surface area contributed by atoms with Crippen molar-refractivity contribution in [2.75, 3.05) is 11.5 Å². The minimum atomic E-state index is -4.61. The largest absolute Gasteiger partial charge is 0.490 e. The van der Waals surface area contributed by atoms with Crippen LogP contribution in [0.15, 0.2) is 64.4 Å². The number of halogens is 3. The molecule has 9 heteroatoms. The third-order valence-electron chi connectivity index (χ3n) is 5.02. The third kappa shape index (κ3) is 2.81. The van der Waals surface area contributed by atoms with E-state index >= 15 is 0 Å². The molecule has 0 radical (unpaired) electrons. The van der Waals surface area contributed by atoms with E-state index in [-0.39, 0.29) is 30.4 Å². The highest BCUT2D eigenvalue weighted by molar-refractivity contribution is 6.10. The van der Waals surface area contributed by atoms with E-state index in [0.29, 0.717) is 17.5 Å². The lowest BCUT2D eigenvalue weighted by molar-refractivity contribution is -0.153. The van der Waals surface area contributed by atoms with E-state index < -0.39 is 23.3 Å². The molecule has 2 aromatic rings. The number of para-hydroxylation sites is 1. The van der Waals surface area contributed by atoms with E-state index in [1.54, 1.807) is 24.3 Å². The van der Waals surface area contributed by atoms with Crippen LogP contribution >= 0.6 is 0 Å². The van der Waals surface area contributed by atoms with Gasteiger partial charge < -0.3 is 19.8 Å². The van der Waals surface area contributed by atoms with Crippen LogP contribution in [0, 0.1) is 0 Å². The van der Waals surface area contributed by atoms with Crippen molar-refractivity contribution in [3.05, 3.63) is 77.1 Å². The van der Waals surface area contributed by atoms with Crippen LogP contribution in [0.5, 0.6) is 0 Å². The van der Waals surface area contributed by atoms with Gasteiger partial charge >= 0.3 is 6.18 Å². The number of rotatable bonds is 4. The molecule has 4 rings (SSSR count). The number of alkyl halides is 3. The molecule has 1 amide bonds. The molecule has 3 heterocycles. The Bertz CT molecular complexity index is 1050. The molecule has 0 saturated carbocycles. The lowest BCUT2D eigenvalue weighted by atomic mass is 9.80. The number of carbonyl (C=O) groups is 2. The molecule has 29 heavy (non-hydrogen) atoms. The number of hydrogen-bond donors (Lipinski definition) is 1. The quantitative estimate of drug-likeness (QED) is 0.625. The number of aldehydes is 1. The molecule has 1 unspecified atom stereocenters. The minimum absolute atomic E-state index is 0.0138. The van der Waals surface area contributed by atoms with Gasteiger partial charge in [0, 0.05) is 11.3 Å². The molecule has 2 aliphatic heterocycles. The monoisotopic (exact) mass is 404 g/mol. The second-order valence-electron chi connectivity index (χ2n) is 6.64. The van der Waals surface area contributed by atoms with Crippen LogP contribution in [0.1, 0.15) is 17.1 Å². The first-order chi connectivity index (χ1) is 13.8. The summed E-state index contributed by atoms with van der Waals surface area (Å²) in [5.74, 6) is -1.37. The summed E-state index contributed by atoms with van der Waals surface area (Å²) in [6, 6.07) is 8.86. The number of anilines is 1. The molecule has 0 fully saturated rings. The van der Waals surface area contributed by atoms with Gasteiger partial charge in [0.05, 0.1) is 12.2 Å². The molecule has 6 nitrogen and oxygen atoms in total. The van der Waals surface area contributed by atoms with Gasteiger partial charge in [0.25, 0.3) is 0 Å². The van der Waals surface area contributed by atoms with Crippen LogP contribution in [-0.2, 0) is 32.5 Å². The van der Waals surface area contributed by atoms with Gasteiger partial charge in [-0.1, -0.05) is 18.2 Å². The molecule has 1 aromatic carbocycles. The maximum Gasteiger partial charge on any atom is 0.449 e. The van der Waals surface area contributed by atoms with Crippen LogP contribution in [0.3, 0.4) is 0 Å². The standard InChI is InChI=1S/C20H15F3N2O4/c21-20(22,23)16-8-7-12(29-16)10-25-14-5-2-1-4-13(14)19(18(25)27)11-28-15(17(19)24)6-3-9-26/h1-9H,10-11,24H2/b6-3-. The Morgan fingerprint density at radius 2 is 1.97 bits per heavy atom. The number of hydrogen-bond acceptors (Lipinski definition) is 5. The Balaban J connectivity index is 1.75. The lowest BCUT2D eigenvalue weighted by Gasteiger charge is -2.22. The number of amides is 1. The number of allylic oxidation sites excluding steroid dienone is 2. The smallest absolute Gasteiger partial charge is 0.449 e. The normalized spacial score (nSPS) is 21.3. The zero-order valence-electron chi connectivity index (χ0n) is 14.9. The Kier molecular flexibility index (Phi) is 4.25. The van der Waals surface area contributed by atoms with Crippen molar-refractivity contribution in [3.63, 3.8) is 0 Å². The summed E-state index contributed by atoms with van der Waals surface area (Å²) in [4.78, 5) is 25.3.